The van der Waals surface area contributed by atoms with E-state index in [0.717, 1.165) is 45.2 Å². The number of hydrogen-bond donors (Lipinski definition) is 2. The zero-order chi connectivity index (χ0) is 27.1. The molecule has 4 rings (SSSR count). The molecule has 0 radical (unpaired) electrons. The molecule has 1 aliphatic heterocycles. The maximum absolute atomic E-state index is 12.4. The minimum Gasteiger partial charge on any atom is -0.488 e. The van der Waals surface area contributed by atoms with E-state index in [1.165, 1.54) is 0 Å². The molecule has 8 nitrogen and oxygen atoms in total. The first-order valence-electron chi connectivity index (χ1n) is 12.9. The van der Waals surface area contributed by atoms with Gasteiger partial charge in [-0.05, 0) is 68.5 Å². The van der Waals surface area contributed by atoms with E-state index < -0.39 is 5.97 Å². The standard InChI is InChI=1S/C29H35N3O5S/c1-19-5-8-26(37-17-23-7-6-22(16-20(23)2)27(33)30-11-4-14-36-3)24(15-19)25-18-38-29(31-25)32-12-9-21(10-13-32)28(34)35/h5-8,15-16,18,21H,4,9-14,17H2,1-3H3,(H,30,33)(H,34,35). The number of thiazole rings is 1. The van der Waals surface area contributed by atoms with Gasteiger partial charge in [0.25, 0.3) is 5.91 Å². The summed E-state index contributed by atoms with van der Waals surface area (Å²) in [4.78, 5) is 30.8. The quantitative estimate of drug-likeness (QED) is 0.329. The van der Waals surface area contributed by atoms with Crippen LogP contribution in [-0.4, -0.2) is 55.3 Å². The van der Waals surface area contributed by atoms with E-state index in [4.69, 9.17) is 14.5 Å². The van der Waals surface area contributed by atoms with Gasteiger partial charge in [0, 0.05) is 49.9 Å². The van der Waals surface area contributed by atoms with E-state index in [1.807, 2.05) is 49.6 Å². The lowest BCUT2D eigenvalue weighted by Gasteiger charge is -2.29. The lowest BCUT2D eigenvalue weighted by molar-refractivity contribution is -0.142. The number of aliphatic carboxylic acids is 1. The van der Waals surface area contributed by atoms with Gasteiger partial charge in [0.15, 0.2) is 5.13 Å². The van der Waals surface area contributed by atoms with Crippen molar-refractivity contribution in [2.45, 2.75) is 39.7 Å². The van der Waals surface area contributed by atoms with Crippen LogP contribution in [0.25, 0.3) is 11.3 Å². The molecular formula is C29H35N3O5S. The normalized spacial score (nSPS) is 13.9. The van der Waals surface area contributed by atoms with Crippen molar-refractivity contribution >= 4 is 28.3 Å². The highest BCUT2D eigenvalue weighted by Crippen LogP contribution is 2.36. The van der Waals surface area contributed by atoms with Gasteiger partial charge in [-0.3, -0.25) is 9.59 Å². The highest BCUT2D eigenvalue weighted by molar-refractivity contribution is 7.14. The van der Waals surface area contributed by atoms with Gasteiger partial charge in [-0.15, -0.1) is 11.3 Å². The number of ether oxygens (including phenoxy) is 2. The molecule has 1 amide bonds. The number of carbonyl (C=O) groups excluding carboxylic acids is 1. The number of benzene rings is 2. The predicted octanol–water partition coefficient (Wildman–Crippen LogP) is 5.07. The predicted molar refractivity (Wildman–Crippen MR) is 149 cm³/mol. The van der Waals surface area contributed by atoms with E-state index in [1.54, 1.807) is 18.4 Å². The summed E-state index contributed by atoms with van der Waals surface area (Å²) in [6.07, 6.45) is 2.04. The second-order valence-electron chi connectivity index (χ2n) is 9.65. The van der Waals surface area contributed by atoms with E-state index in [0.29, 0.717) is 51.3 Å². The Labute approximate surface area is 227 Å². The summed E-state index contributed by atoms with van der Waals surface area (Å²) < 4.78 is 11.3. The number of piperidine rings is 1. The number of aryl methyl sites for hydroxylation is 2. The number of amides is 1. The summed E-state index contributed by atoms with van der Waals surface area (Å²) in [6.45, 7) is 6.98. The average molecular weight is 538 g/mol. The van der Waals surface area contributed by atoms with Crippen LogP contribution < -0.4 is 15.0 Å². The molecule has 1 saturated heterocycles. The first kappa shape index (κ1) is 27.6. The number of carboxylic acid groups (broad SMARTS) is 1. The van der Waals surface area contributed by atoms with E-state index >= 15 is 0 Å². The van der Waals surface area contributed by atoms with Gasteiger partial charge in [0.1, 0.15) is 12.4 Å². The molecular weight excluding hydrogens is 502 g/mol. The molecule has 0 saturated carbocycles. The first-order valence-corrected chi connectivity index (χ1v) is 13.8. The van der Waals surface area contributed by atoms with Gasteiger partial charge in [0.05, 0.1) is 11.6 Å². The Morgan fingerprint density at radius 3 is 2.66 bits per heavy atom. The third-order valence-electron chi connectivity index (χ3n) is 6.82. The van der Waals surface area contributed by atoms with Gasteiger partial charge in [-0.25, -0.2) is 4.98 Å². The van der Waals surface area contributed by atoms with E-state index in [9.17, 15) is 14.7 Å². The molecule has 1 aliphatic rings. The van der Waals surface area contributed by atoms with Gasteiger partial charge >= 0.3 is 5.97 Å². The Morgan fingerprint density at radius 2 is 1.95 bits per heavy atom. The molecule has 1 fully saturated rings. The van der Waals surface area contributed by atoms with Crippen molar-refractivity contribution in [3.63, 3.8) is 0 Å². The Hall–Kier alpha value is -3.43. The second-order valence-corrected chi connectivity index (χ2v) is 10.5. The Bertz CT molecular complexity index is 1270. The summed E-state index contributed by atoms with van der Waals surface area (Å²) in [5.74, 6) is -0.326. The van der Waals surface area contributed by atoms with Crippen LogP contribution in [0.5, 0.6) is 5.75 Å². The Morgan fingerprint density at radius 1 is 1.16 bits per heavy atom. The van der Waals surface area contributed by atoms with Crippen LogP contribution in [0.3, 0.4) is 0 Å². The number of rotatable bonds is 11. The fourth-order valence-electron chi connectivity index (χ4n) is 4.50. The molecule has 9 heteroatoms. The fraction of sp³-hybridized carbons (Fsp3) is 0.414. The van der Waals surface area contributed by atoms with Gasteiger partial charge in [0.2, 0.25) is 0 Å². The number of hydrogen-bond acceptors (Lipinski definition) is 7. The minimum atomic E-state index is -0.711. The van der Waals surface area contributed by atoms with Crippen molar-refractivity contribution in [1.82, 2.24) is 10.3 Å². The van der Waals surface area contributed by atoms with Crippen LogP contribution in [0.2, 0.25) is 0 Å². The highest BCUT2D eigenvalue weighted by Gasteiger charge is 2.26. The SMILES string of the molecule is COCCCNC(=O)c1ccc(COc2ccc(C)cc2-c2csc(N3CCC(C(=O)O)CC3)n2)c(C)c1. The smallest absolute Gasteiger partial charge is 0.306 e. The van der Waals surface area contributed by atoms with Crippen LogP contribution in [0.1, 0.15) is 46.3 Å². The molecule has 2 aromatic carbocycles. The van der Waals surface area contributed by atoms with Gasteiger partial charge in [-0.2, -0.15) is 0 Å². The number of nitrogens with one attached hydrogen (secondary N) is 1. The molecule has 3 aromatic rings. The number of anilines is 1. The molecule has 0 atom stereocenters. The maximum Gasteiger partial charge on any atom is 0.306 e. The molecule has 0 unspecified atom stereocenters. The Balaban J connectivity index is 1.42. The van der Waals surface area contributed by atoms with Crippen LogP contribution in [0.4, 0.5) is 5.13 Å². The molecule has 38 heavy (non-hydrogen) atoms. The largest absolute Gasteiger partial charge is 0.488 e. The molecule has 202 valence electrons. The van der Waals surface area contributed by atoms with Crippen LogP contribution in [0.15, 0.2) is 41.8 Å². The summed E-state index contributed by atoms with van der Waals surface area (Å²) >= 11 is 1.57. The molecule has 0 bridgehead atoms. The second kappa shape index (κ2) is 12.9. The zero-order valence-corrected chi connectivity index (χ0v) is 23.0. The number of methoxy groups -OCH3 is 1. The molecule has 0 spiro atoms. The number of carboxylic acids is 1. The lowest BCUT2D eigenvalue weighted by Crippen LogP contribution is -2.36. The van der Waals surface area contributed by atoms with Crippen molar-refractivity contribution < 1.29 is 24.2 Å². The zero-order valence-electron chi connectivity index (χ0n) is 22.2. The van der Waals surface area contributed by atoms with Crippen molar-refractivity contribution in [1.29, 1.82) is 0 Å². The fourth-order valence-corrected chi connectivity index (χ4v) is 5.38. The molecule has 0 aliphatic carbocycles. The highest BCUT2D eigenvalue weighted by atomic mass is 32.1. The van der Waals surface area contributed by atoms with E-state index in [2.05, 4.69) is 16.3 Å². The lowest BCUT2D eigenvalue weighted by atomic mass is 9.97. The first-order chi connectivity index (χ1) is 18.4. The summed E-state index contributed by atoms with van der Waals surface area (Å²) in [7, 11) is 1.65. The average Bonchev–Trinajstić information content (AvgIpc) is 3.41. The third-order valence-corrected chi connectivity index (χ3v) is 7.72. The van der Waals surface area contributed by atoms with Crippen molar-refractivity contribution in [2.24, 2.45) is 5.92 Å². The topological polar surface area (TPSA) is 101 Å². The number of aromatic nitrogens is 1. The third kappa shape index (κ3) is 6.90. The Kier molecular flexibility index (Phi) is 9.36. The van der Waals surface area contributed by atoms with Crippen LogP contribution in [0, 0.1) is 19.8 Å². The van der Waals surface area contributed by atoms with Crippen molar-refractivity contribution in [3.8, 4) is 17.0 Å². The number of nitrogens with zero attached hydrogens (tertiary/aromatic N) is 2. The molecule has 2 N–H and O–H groups in total. The molecule has 1 aromatic heterocycles. The van der Waals surface area contributed by atoms with Gasteiger partial charge < -0.3 is 24.8 Å². The monoisotopic (exact) mass is 537 g/mol. The molecule has 2 heterocycles. The number of carbonyl (C=O) groups is 2. The van der Waals surface area contributed by atoms with Gasteiger partial charge in [-0.1, -0.05) is 17.7 Å². The minimum absolute atomic E-state index is 0.0935. The van der Waals surface area contributed by atoms with Crippen molar-refractivity contribution in [3.05, 3.63) is 64.0 Å². The maximum atomic E-state index is 12.4. The summed E-state index contributed by atoms with van der Waals surface area (Å²) in [5.41, 5.74) is 5.51. The van der Waals surface area contributed by atoms with Crippen LogP contribution >= 0.6 is 11.3 Å². The van der Waals surface area contributed by atoms with Crippen molar-refractivity contribution in [2.75, 3.05) is 38.3 Å². The summed E-state index contributed by atoms with van der Waals surface area (Å²) in [6, 6.07) is 11.7. The van der Waals surface area contributed by atoms with E-state index in [-0.39, 0.29) is 11.8 Å². The summed E-state index contributed by atoms with van der Waals surface area (Å²) in [5, 5.41) is 15.1. The van der Waals surface area contributed by atoms with Crippen LogP contribution in [-0.2, 0) is 16.1 Å².